The molecule has 6 aromatic heterocycles. The van der Waals surface area contributed by atoms with Crippen LogP contribution in [0.5, 0.6) is 5.75 Å². The predicted octanol–water partition coefficient (Wildman–Crippen LogP) is 7.21. The van der Waals surface area contributed by atoms with Gasteiger partial charge in [-0.25, -0.2) is 9.97 Å². The Labute approximate surface area is 228 Å². The molecular weight excluding hydrogens is 508 g/mol. The van der Waals surface area contributed by atoms with E-state index in [1.165, 1.54) is 30.6 Å². The molecule has 0 aliphatic heterocycles. The average molecular weight is 535 g/mol. The number of H-pyrrole nitrogens is 2. The van der Waals surface area contributed by atoms with E-state index in [1.54, 1.807) is 19.3 Å². The smallest absolute Gasteiger partial charge is 0.169 e. The lowest BCUT2D eigenvalue weighted by Gasteiger charge is -2.23. The molecule has 0 bridgehead atoms. The van der Waals surface area contributed by atoms with Crippen LogP contribution in [0.25, 0.3) is 55.0 Å². The Hall–Kier alpha value is -4.37. The molecule has 39 heavy (non-hydrogen) atoms. The van der Waals surface area contributed by atoms with Gasteiger partial charge in [-0.2, -0.15) is 5.10 Å². The normalized spacial score (nSPS) is 14.3. The van der Waals surface area contributed by atoms with Gasteiger partial charge in [0.2, 0.25) is 0 Å². The highest BCUT2D eigenvalue weighted by Crippen LogP contribution is 2.37. The standard InChI is InChI=1S/C30H26N6O2S/c1-17(37)26-7-8-27(39-26)22-9-10-32-29-23(22)13-25(34-29)28-24-12-19(15-33-30(24)36-35-28)18-11-21(16-31-14-18)38-20-5-3-2-4-6-20/h7-16,20H,2-6H2,1H3,(H,32,34)(H,33,35,36). The summed E-state index contributed by atoms with van der Waals surface area (Å²) in [7, 11) is 0. The van der Waals surface area contributed by atoms with Crippen LogP contribution in [-0.2, 0) is 0 Å². The first kappa shape index (κ1) is 23.7. The molecule has 1 saturated carbocycles. The van der Waals surface area contributed by atoms with Crippen molar-refractivity contribution in [1.29, 1.82) is 0 Å². The lowest BCUT2D eigenvalue weighted by atomic mass is 9.98. The van der Waals surface area contributed by atoms with E-state index in [9.17, 15) is 4.79 Å². The first-order valence-corrected chi connectivity index (χ1v) is 14.0. The number of ether oxygens (including phenoxy) is 1. The maximum Gasteiger partial charge on any atom is 0.169 e. The molecule has 0 radical (unpaired) electrons. The summed E-state index contributed by atoms with van der Waals surface area (Å²) in [5.41, 5.74) is 5.98. The number of fused-ring (bicyclic) bond motifs is 2. The van der Waals surface area contributed by atoms with Crippen LogP contribution in [0.4, 0.5) is 0 Å². The number of nitrogens with zero attached hydrogens (tertiary/aromatic N) is 4. The van der Waals surface area contributed by atoms with Crippen LogP contribution in [0.2, 0.25) is 0 Å². The molecule has 0 saturated heterocycles. The van der Waals surface area contributed by atoms with Gasteiger partial charge in [0.15, 0.2) is 11.4 Å². The van der Waals surface area contributed by atoms with E-state index in [2.05, 4.69) is 42.3 Å². The number of carbonyl (C=O) groups excluding carboxylic acids is 1. The molecule has 1 aliphatic rings. The average Bonchev–Trinajstić information content (AvgIpc) is 3.71. The van der Waals surface area contributed by atoms with Crippen LogP contribution in [0.3, 0.4) is 0 Å². The fourth-order valence-electron chi connectivity index (χ4n) is 5.32. The van der Waals surface area contributed by atoms with Crippen LogP contribution in [0.1, 0.15) is 48.7 Å². The number of nitrogens with one attached hydrogen (secondary N) is 2. The highest BCUT2D eigenvalue weighted by atomic mass is 32.1. The van der Waals surface area contributed by atoms with Gasteiger partial charge >= 0.3 is 0 Å². The third-order valence-corrected chi connectivity index (χ3v) is 8.54. The Morgan fingerprint density at radius 1 is 0.949 bits per heavy atom. The highest BCUT2D eigenvalue weighted by Gasteiger charge is 2.18. The molecule has 6 heterocycles. The van der Waals surface area contributed by atoms with Gasteiger partial charge < -0.3 is 9.72 Å². The minimum atomic E-state index is 0.0684. The van der Waals surface area contributed by atoms with E-state index in [0.717, 1.165) is 72.8 Å². The maximum atomic E-state index is 11.8. The van der Waals surface area contributed by atoms with Gasteiger partial charge in [0.05, 0.1) is 22.9 Å². The quantitative estimate of drug-likeness (QED) is 0.219. The summed E-state index contributed by atoms with van der Waals surface area (Å²) in [5.74, 6) is 0.863. The van der Waals surface area contributed by atoms with Gasteiger partial charge in [-0.3, -0.25) is 14.9 Å². The van der Waals surface area contributed by atoms with Gasteiger partial charge in [-0.15, -0.1) is 11.3 Å². The number of carbonyl (C=O) groups is 1. The lowest BCUT2D eigenvalue weighted by molar-refractivity contribution is 0.102. The Balaban J connectivity index is 1.25. The first-order chi connectivity index (χ1) is 19.1. The van der Waals surface area contributed by atoms with Crippen molar-refractivity contribution in [3.05, 3.63) is 66.1 Å². The number of pyridine rings is 3. The zero-order chi connectivity index (χ0) is 26.3. The summed E-state index contributed by atoms with van der Waals surface area (Å²) < 4.78 is 6.25. The SMILES string of the molecule is CC(=O)c1ccc(-c2ccnc3[nH]c(-c4n[nH]c5ncc(-c6cncc(OC7CCCCC7)c6)cc45)cc23)s1. The zero-order valence-corrected chi connectivity index (χ0v) is 22.2. The van der Waals surface area contributed by atoms with E-state index in [4.69, 9.17) is 4.74 Å². The van der Waals surface area contributed by atoms with E-state index in [-0.39, 0.29) is 11.9 Å². The maximum absolute atomic E-state index is 11.8. The molecule has 0 amide bonds. The molecule has 0 aromatic carbocycles. The largest absolute Gasteiger partial charge is 0.489 e. The molecule has 9 heteroatoms. The van der Waals surface area contributed by atoms with Crippen LogP contribution >= 0.6 is 11.3 Å². The summed E-state index contributed by atoms with van der Waals surface area (Å²) in [6.07, 6.45) is 13.4. The molecule has 2 N–H and O–H groups in total. The monoisotopic (exact) mass is 534 g/mol. The fraction of sp³-hybridized carbons (Fsp3) is 0.233. The van der Waals surface area contributed by atoms with E-state index >= 15 is 0 Å². The van der Waals surface area contributed by atoms with Crippen molar-refractivity contribution >= 4 is 39.2 Å². The van der Waals surface area contributed by atoms with E-state index in [1.807, 2.05) is 36.7 Å². The summed E-state index contributed by atoms with van der Waals surface area (Å²) in [6, 6.07) is 12.0. The van der Waals surface area contributed by atoms with E-state index in [0.29, 0.717) is 5.65 Å². The second kappa shape index (κ2) is 9.74. The van der Waals surface area contributed by atoms with Crippen molar-refractivity contribution in [2.45, 2.75) is 45.1 Å². The summed E-state index contributed by atoms with van der Waals surface area (Å²) in [5, 5.41) is 9.52. The minimum Gasteiger partial charge on any atom is -0.489 e. The van der Waals surface area contributed by atoms with Gasteiger partial charge in [0.25, 0.3) is 0 Å². The molecule has 8 nitrogen and oxygen atoms in total. The molecule has 0 atom stereocenters. The second-order valence-electron chi connectivity index (χ2n) is 10.0. The molecular formula is C30H26N6O2S. The molecule has 7 rings (SSSR count). The number of hydrogen-bond donors (Lipinski definition) is 2. The topological polar surface area (TPSA) is 109 Å². The van der Waals surface area contributed by atoms with Crippen LogP contribution < -0.4 is 4.74 Å². The predicted molar refractivity (Wildman–Crippen MR) is 153 cm³/mol. The molecule has 0 unspecified atom stereocenters. The minimum absolute atomic E-state index is 0.0684. The number of ketones is 1. The highest BCUT2D eigenvalue weighted by molar-refractivity contribution is 7.17. The number of hydrogen-bond acceptors (Lipinski definition) is 7. The summed E-state index contributed by atoms with van der Waals surface area (Å²) in [6.45, 7) is 1.59. The molecule has 1 fully saturated rings. The number of aromatic amines is 2. The number of aromatic nitrogens is 6. The first-order valence-electron chi connectivity index (χ1n) is 13.2. The Kier molecular flexibility index (Phi) is 5.93. The van der Waals surface area contributed by atoms with Crippen molar-refractivity contribution in [3.8, 4) is 38.7 Å². The molecule has 1 aliphatic carbocycles. The summed E-state index contributed by atoms with van der Waals surface area (Å²) in [4.78, 5) is 30.7. The van der Waals surface area contributed by atoms with Gasteiger partial charge in [-0.1, -0.05) is 6.42 Å². The number of Topliss-reactive ketones (excluding diaryl/α,β-unsaturated/α-hetero) is 1. The van der Waals surface area contributed by atoms with Crippen molar-refractivity contribution in [2.75, 3.05) is 0 Å². The Morgan fingerprint density at radius 3 is 2.67 bits per heavy atom. The Bertz CT molecular complexity index is 1830. The van der Waals surface area contributed by atoms with E-state index < -0.39 is 0 Å². The molecule has 0 spiro atoms. The van der Waals surface area contributed by atoms with Crippen LogP contribution in [0, 0.1) is 0 Å². The van der Waals surface area contributed by atoms with Crippen LogP contribution in [0.15, 0.2) is 61.2 Å². The fourth-order valence-corrected chi connectivity index (χ4v) is 6.27. The number of rotatable bonds is 6. The van der Waals surface area contributed by atoms with Crippen molar-refractivity contribution < 1.29 is 9.53 Å². The van der Waals surface area contributed by atoms with Gasteiger partial charge in [-0.05, 0) is 69.0 Å². The molecule has 6 aromatic rings. The second-order valence-corrected chi connectivity index (χ2v) is 11.1. The summed E-state index contributed by atoms with van der Waals surface area (Å²) >= 11 is 1.49. The zero-order valence-electron chi connectivity index (χ0n) is 21.4. The van der Waals surface area contributed by atoms with Crippen molar-refractivity contribution in [1.82, 2.24) is 30.1 Å². The Morgan fingerprint density at radius 2 is 1.82 bits per heavy atom. The van der Waals surface area contributed by atoms with Crippen molar-refractivity contribution in [3.63, 3.8) is 0 Å². The lowest BCUT2D eigenvalue weighted by Crippen LogP contribution is -2.19. The number of thiophene rings is 1. The van der Waals surface area contributed by atoms with Gasteiger partial charge in [0.1, 0.15) is 17.1 Å². The third-order valence-electron chi connectivity index (χ3n) is 7.32. The van der Waals surface area contributed by atoms with Crippen molar-refractivity contribution in [2.24, 2.45) is 0 Å². The molecule has 194 valence electrons. The van der Waals surface area contributed by atoms with Crippen LogP contribution in [-0.4, -0.2) is 42.0 Å². The van der Waals surface area contributed by atoms with Gasteiger partial charge in [0, 0.05) is 50.9 Å². The third kappa shape index (κ3) is 4.48.